The van der Waals surface area contributed by atoms with Gasteiger partial charge in [-0.05, 0) is 46.5 Å². The summed E-state index contributed by atoms with van der Waals surface area (Å²) in [7, 11) is 3.96. The standard InChI is InChI=1S/C22H29N3O3S/c1-14-16(3)29-13-19(14)21(26)23-15(2)22(27)25-10-17-8-6-7-9-20(17)28-12-18(25)11-24(4)5/h6-9,13,15,18H,10-12H2,1-5H3,(H,23,26). The van der Waals surface area contributed by atoms with Crippen LogP contribution < -0.4 is 10.1 Å². The minimum Gasteiger partial charge on any atom is -0.491 e. The van der Waals surface area contributed by atoms with Crippen molar-refractivity contribution in [1.29, 1.82) is 0 Å². The molecule has 0 aliphatic carbocycles. The van der Waals surface area contributed by atoms with Gasteiger partial charge in [0.1, 0.15) is 18.4 Å². The van der Waals surface area contributed by atoms with Crippen molar-refractivity contribution >= 4 is 23.2 Å². The zero-order valence-corrected chi connectivity index (χ0v) is 18.5. The van der Waals surface area contributed by atoms with Gasteiger partial charge in [-0.25, -0.2) is 0 Å². The van der Waals surface area contributed by atoms with E-state index in [1.54, 1.807) is 18.3 Å². The summed E-state index contributed by atoms with van der Waals surface area (Å²) in [6, 6.07) is 7.07. The van der Waals surface area contributed by atoms with Crippen molar-refractivity contribution in [1.82, 2.24) is 15.1 Å². The van der Waals surface area contributed by atoms with Gasteiger partial charge in [0, 0.05) is 28.9 Å². The number of benzene rings is 1. The zero-order valence-electron chi connectivity index (χ0n) is 17.7. The molecule has 0 saturated heterocycles. The quantitative estimate of drug-likeness (QED) is 0.816. The fourth-order valence-electron chi connectivity index (χ4n) is 3.52. The Morgan fingerprint density at radius 3 is 2.69 bits per heavy atom. The summed E-state index contributed by atoms with van der Waals surface area (Å²) in [6.07, 6.45) is 0. The van der Waals surface area contributed by atoms with Crippen LogP contribution in [0.2, 0.25) is 0 Å². The number of aryl methyl sites for hydroxylation is 1. The second-order valence-electron chi connectivity index (χ2n) is 7.83. The van der Waals surface area contributed by atoms with Crippen molar-refractivity contribution in [3.8, 4) is 5.75 Å². The number of nitrogens with zero attached hydrogens (tertiary/aromatic N) is 2. The van der Waals surface area contributed by atoms with E-state index in [0.29, 0.717) is 25.3 Å². The van der Waals surface area contributed by atoms with Crippen LogP contribution in [-0.2, 0) is 11.3 Å². The van der Waals surface area contributed by atoms with E-state index in [9.17, 15) is 9.59 Å². The van der Waals surface area contributed by atoms with Gasteiger partial charge in [0.15, 0.2) is 0 Å². The van der Waals surface area contributed by atoms with Crippen LogP contribution in [0.5, 0.6) is 5.75 Å². The number of ether oxygens (including phenoxy) is 1. The van der Waals surface area contributed by atoms with Crippen LogP contribution in [0.1, 0.15) is 33.3 Å². The molecule has 1 aromatic carbocycles. The third-order valence-corrected chi connectivity index (χ3v) is 6.31. The molecule has 1 N–H and O–H groups in total. The molecular weight excluding hydrogens is 386 g/mol. The Kier molecular flexibility index (Phi) is 6.59. The van der Waals surface area contributed by atoms with Crippen molar-refractivity contribution in [2.45, 2.75) is 39.4 Å². The van der Waals surface area contributed by atoms with Crippen molar-refractivity contribution < 1.29 is 14.3 Å². The summed E-state index contributed by atoms with van der Waals surface area (Å²) in [4.78, 5) is 31.0. The molecule has 0 bridgehead atoms. The van der Waals surface area contributed by atoms with Crippen LogP contribution in [0.25, 0.3) is 0 Å². The van der Waals surface area contributed by atoms with Crippen molar-refractivity contribution in [3.63, 3.8) is 0 Å². The van der Waals surface area contributed by atoms with Gasteiger partial charge in [-0.3, -0.25) is 9.59 Å². The molecule has 3 rings (SSSR count). The smallest absolute Gasteiger partial charge is 0.253 e. The Labute approximate surface area is 176 Å². The third kappa shape index (κ3) is 4.79. The number of nitrogens with one attached hydrogen (secondary N) is 1. The number of para-hydroxylation sites is 1. The average molecular weight is 416 g/mol. The van der Waals surface area contributed by atoms with Crippen LogP contribution in [0, 0.1) is 13.8 Å². The van der Waals surface area contributed by atoms with E-state index in [1.165, 1.54) is 0 Å². The summed E-state index contributed by atoms with van der Waals surface area (Å²) in [5.41, 5.74) is 2.58. The maximum atomic E-state index is 13.3. The molecule has 0 fully saturated rings. The van der Waals surface area contributed by atoms with E-state index in [0.717, 1.165) is 21.8 Å². The van der Waals surface area contributed by atoms with Crippen LogP contribution in [0.4, 0.5) is 0 Å². The van der Waals surface area contributed by atoms with E-state index in [2.05, 4.69) is 5.32 Å². The fourth-order valence-corrected chi connectivity index (χ4v) is 4.38. The van der Waals surface area contributed by atoms with Gasteiger partial charge >= 0.3 is 0 Å². The maximum Gasteiger partial charge on any atom is 0.253 e. The molecule has 1 aliphatic heterocycles. The number of amides is 2. The highest BCUT2D eigenvalue weighted by Crippen LogP contribution is 2.26. The largest absolute Gasteiger partial charge is 0.491 e. The van der Waals surface area contributed by atoms with E-state index in [-0.39, 0.29) is 17.9 Å². The molecule has 0 radical (unpaired) electrons. The van der Waals surface area contributed by atoms with E-state index in [4.69, 9.17) is 4.74 Å². The first-order valence-corrected chi connectivity index (χ1v) is 10.7. The Hall–Kier alpha value is -2.38. The van der Waals surface area contributed by atoms with Gasteiger partial charge in [-0.1, -0.05) is 18.2 Å². The lowest BCUT2D eigenvalue weighted by Gasteiger charge is -2.33. The topological polar surface area (TPSA) is 61.9 Å². The summed E-state index contributed by atoms with van der Waals surface area (Å²) in [6.45, 7) is 7.24. The highest BCUT2D eigenvalue weighted by molar-refractivity contribution is 7.10. The van der Waals surface area contributed by atoms with Gasteiger partial charge < -0.3 is 19.9 Å². The molecule has 0 saturated carbocycles. The number of rotatable bonds is 5. The Morgan fingerprint density at radius 2 is 2.03 bits per heavy atom. The molecule has 2 amide bonds. The predicted octanol–water partition coefficient (Wildman–Crippen LogP) is 2.83. The minimum atomic E-state index is -0.628. The molecule has 7 heteroatoms. The highest BCUT2D eigenvalue weighted by Gasteiger charge is 2.32. The van der Waals surface area contributed by atoms with Crippen LogP contribution in [0.3, 0.4) is 0 Å². The number of carbonyl (C=O) groups excluding carboxylic acids is 2. The summed E-state index contributed by atoms with van der Waals surface area (Å²) >= 11 is 1.55. The van der Waals surface area contributed by atoms with Gasteiger partial charge in [0.25, 0.3) is 5.91 Å². The normalized spacial score (nSPS) is 17.3. The summed E-state index contributed by atoms with van der Waals surface area (Å²) < 4.78 is 5.98. The number of carbonyl (C=O) groups is 2. The van der Waals surface area contributed by atoms with Crippen LogP contribution in [0.15, 0.2) is 29.6 Å². The zero-order chi connectivity index (χ0) is 21.1. The number of likely N-dealkylation sites (N-methyl/N-ethyl adjacent to an activating group) is 1. The van der Waals surface area contributed by atoms with Crippen molar-refractivity contribution in [3.05, 3.63) is 51.2 Å². The molecule has 156 valence electrons. The molecule has 1 aliphatic rings. The predicted molar refractivity (Wildman–Crippen MR) is 116 cm³/mol. The monoisotopic (exact) mass is 415 g/mol. The molecule has 29 heavy (non-hydrogen) atoms. The van der Waals surface area contributed by atoms with Crippen LogP contribution >= 0.6 is 11.3 Å². The second kappa shape index (κ2) is 8.97. The Bertz CT molecular complexity index is 893. The van der Waals surface area contributed by atoms with Gasteiger partial charge in [0.05, 0.1) is 11.6 Å². The summed E-state index contributed by atoms with van der Waals surface area (Å²) in [5.74, 6) is 0.506. The molecule has 1 aromatic heterocycles. The maximum absolute atomic E-state index is 13.3. The Morgan fingerprint density at radius 1 is 1.31 bits per heavy atom. The lowest BCUT2D eigenvalue weighted by Crippen LogP contribution is -2.53. The fraction of sp³-hybridized carbons (Fsp3) is 0.455. The highest BCUT2D eigenvalue weighted by atomic mass is 32.1. The molecule has 2 heterocycles. The van der Waals surface area contributed by atoms with Gasteiger partial charge in [-0.2, -0.15) is 0 Å². The first-order chi connectivity index (χ1) is 13.8. The van der Waals surface area contributed by atoms with Crippen LogP contribution in [-0.4, -0.2) is 60.9 Å². The molecule has 2 unspecified atom stereocenters. The third-order valence-electron chi connectivity index (χ3n) is 5.29. The van der Waals surface area contributed by atoms with E-state index in [1.807, 2.05) is 67.4 Å². The first-order valence-electron chi connectivity index (χ1n) is 9.79. The second-order valence-corrected chi connectivity index (χ2v) is 8.91. The SMILES string of the molecule is Cc1scc(C(=O)NC(C)C(=O)N2Cc3ccccc3OCC2CN(C)C)c1C. The number of hydrogen-bond donors (Lipinski definition) is 1. The lowest BCUT2D eigenvalue weighted by atomic mass is 10.1. The van der Waals surface area contributed by atoms with Crippen molar-refractivity contribution in [2.75, 3.05) is 27.2 Å². The molecular formula is C22H29N3O3S. The number of hydrogen-bond acceptors (Lipinski definition) is 5. The summed E-state index contributed by atoms with van der Waals surface area (Å²) in [5, 5.41) is 4.74. The lowest BCUT2D eigenvalue weighted by molar-refractivity contribution is -0.136. The van der Waals surface area contributed by atoms with Gasteiger partial charge in [0.2, 0.25) is 5.91 Å². The molecule has 2 atom stereocenters. The van der Waals surface area contributed by atoms with E-state index < -0.39 is 6.04 Å². The molecule has 6 nitrogen and oxygen atoms in total. The number of fused-ring (bicyclic) bond motifs is 1. The molecule has 0 spiro atoms. The first kappa shape index (κ1) is 21.3. The van der Waals surface area contributed by atoms with E-state index >= 15 is 0 Å². The minimum absolute atomic E-state index is 0.102. The average Bonchev–Trinajstić information content (AvgIpc) is 2.91. The number of thiophene rings is 1. The Balaban J connectivity index is 1.79. The van der Waals surface area contributed by atoms with Gasteiger partial charge in [-0.15, -0.1) is 11.3 Å². The van der Waals surface area contributed by atoms with Crippen molar-refractivity contribution in [2.24, 2.45) is 0 Å². The molecule has 2 aromatic rings.